The van der Waals surface area contributed by atoms with Crippen LogP contribution < -0.4 is 9.47 Å². The second-order valence-corrected chi connectivity index (χ2v) is 7.48. The van der Waals surface area contributed by atoms with E-state index in [1.54, 1.807) is 13.2 Å². The predicted octanol–water partition coefficient (Wildman–Crippen LogP) is 5.51. The van der Waals surface area contributed by atoms with Gasteiger partial charge in [0.1, 0.15) is 18.1 Å². The zero-order chi connectivity index (χ0) is 23.9. The van der Waals surface area contributed by atoms with Crippen LogP contribution in [-0.4, -0.2) is 37.1 Å². The number of aryl methyl sites for hydroxylation is 1. The molecular weight excluding hydrogens is 400 g/mol. The van der Waals surface area contributed by atoms with E-state index in [1.165, 1.54) is 6.08 Å². The van der Waals surface area contributed by atoms with Gasteiger partial charge in [-0.1, -0.05) is 36.1 Å². The highest BCUT2D eigenvalue weighted by atomic mass is 16.5. The Morgan fingerprint density at radius 2 is 1.75 bits per heavy atom. The Hall–Kier alpha value is -3.00. The van der Waals surface area contributed by atoms with Crippen LogP contribution in [-0.2, 0) is 11.2 Å². The molecule has 1 N–H and O–H groups in total. The summed E-state index contributed by atoms with van der Waals surface area (Å²) in [6, 6.07) is 13.6. The van der Waals surface area contributed by atoms with Crippen molar-refractivity contribution in [3.05, 3.63) is 84.5 Å². The van der Waals surface area contributed by atoms with E-state index < -0.39 is 6.10 Å². The fraction of sp³-hybridized carbons (Fsp3) is 0.357. The zero-order valence-corrected chi connectivity index (χ0v) is 19.9. The van der Waals surface area contributed by atoms with Crippen LogP contribution in [0, 0.1) is 18.8 Å². The average Bonchev–Trinajstić information content (AvgIpc) is 2.78. The molecule has 2 aromatic rings. The Morgan fingerprint density at radius 3 is 2.31 bits per heavy atom. The number of rotatable bonds is 9. The van der Waals surface area contributed by atoms with Crippen molar-refractivity contribution in [1.82, 2.24) is 0 Å². The molecule has 0 aromatic heterocycles. The van der Waals surface area contributed by atoms with Gasteiger partial charge in [0.25, 0.3) is 0 Å². The molecule has 0 fully saturated rings. The maximum absolute atomic E-state index is 10.2. The number of methoxy groups -OCH3 is 1. The lowest BCUT2D eigenvalue weighted by molar-refractivity contribution is -0.0474. The molecule has 0 spiro atoms. The quantitative estimate of drug-likeness (QED) is 0.416. The van der Waals surface area contributed by atoms with Crippen molar-refractivity contribution in [3.8, 4) is 23.3 Å². The maximum Gasteiger partial charge on any atom is 0.149 e. The molecule has 2 atom stereocenters. The Morgan fingerprint density at radius 1 is 1.09 bits per heavy atom. The first kappa shape index (κ1) is 27.0. The SMILES string of the molecule is C=CC.C=CC(O)C(Cc1ccc(C)c(OCC#Cc2ccc(OC)cc2)c1)OC(C)C. The van der Waals surface area contributed by atoms with E-state index in [0.717, 1.165) is 28.2 Å². The fourth-order valence-electron chi connectivity index (χ4n) is 2.84. The third kappa shape index (κ3) is 9.87. The van der Waals surface area contributed by atoms with E-state index >= 15 is 0 Å². The Kier molecular flexibility index (Phi) is 12.6. The molecule has 0 aliphatic rings. The Labute approximate surface area is 193 Å². The van der Waals surface area contributed by atoms with E-state index in [0.29, 0.717) is 6.42 Å². The third-order valence-corrected chi connectivity index (χ3v) is 4.38. The summed E-state index contributed by atoms with van der Waals surface area (Å²) in [5.74, 6) is 7.71. The van der Waals surface area contributed by atoms with Gasteiger partial charge >= 0.3 is 0 Å². The van der Waals surface area contributed by atoms with Crippen LogP contribution in [0.15, 0.2) is 67.8 Å². The molecule has 4 nitrogen and oxygen atoms in total. The molecule has 0 amide bonds. The highest BCUT2D eigenvalue weighted by Gasteiger charge is 2.19. The van der Waals surface area contributed by atoms with Gasteiger partial charge in [0.2, 0.25) is 0 Å². The molecule has 0 aliphatic carbocycles. The van der Waals surface area contributed by atoms with Crippen molar-refractivity contribution in [2.24, 2.45) is 0 Å². The van der Waals surface area contributed by atoms with Gasteiger partial charge in [0.05, 0.1) is 25.4 Å². The summed E-state index contributed by atoms with van der Waals surface area (Å²) in [6.07, 6.45) is 2.77. The van der Waals surface area contributed by atoms with Gasteiger partial charge in [0.15, 0.2) is 0 Å². The smallest absolute Gasteiger partial charge is 0.149 e. The van der Waals surface area contributed by atoms with Crippen LogP contribution in [0.5, 0.6) is 11.5 Å². The number of allylic oxidation sites excluding steroid dienone is 1. The van der Waals surface area contributed by atoms with Crippen LogP contribution >= 0.6 is 0 Å². The summed E-state index contributed by atoms with van der Waals surface area (Å²) in [6.45, 7) is 15.1. The molecule has 4 heteroatoms. The van der Waals surface area contributed by atoms with Crippen molar-refractivity contribution in [3.63, 3.8) is 0 Å². The lowest BCUT2D eigenvalue weighted by atomic mass is 10.0. The van der Waals surface area contributed by atoms with Crippen LogP contribution in [0.1, 0.15) is 37.5 Å². The van der Waals surface area contributed by atoms with Gasteiger partial charge < -0.3 is 19.3 Å². The van der Waals surface area contributed by atoms with Crippen molar-refractivity contribution in [1.29, 1.82) is 0 Å². The minimum absolute atomic E-state index is 0.0176. The van der Waals surface area contributed by atoms with E-state index in [2.05, 4.69) is 25.0 Å². The summed E-state index contributed by atoms with van der Waals surface area (Å²) in [5, 5.41) is 10.2. The van der Waals surface area contributed by atoms with Crippen LogP contribution in [0.3, 0.4) is 0 Å². The molecule has 0 heterocycles. The number of aliphatic hydroxyl groups is 1. The summed E-state index contributed by atoms with van der Waals surface area (Å²) >= 11 is 0. The van der Waals surface area contributed by atoms with Crippen LogP contribution in [0.2, 0.25) is 0 Å². The molecule has 172 valence electrons. The predicted molar refractivity (Wildman–Crippen MR) is 132 cm³/mol. The minimum atomic E-state index is -0.724. The molecule has 0 saturated carbocycles. The van der Waals surface area contributed by atoms with Gasteiger partial charge in [-0.15, -0.1) is 13.2 Å². The third-order valence-electron chi connectivity index (χ3n) is 4.38. The Bertz CT molecular complexity index is 888. The van der Waals surface area contributed by atoms with Crippen molar-refractivity contribution < 1.29 is 19.3 Å². The van der Waals surface area contributed by atoms with Gasteiger partial charge in [-0.2, -0.15) is 0 Å². The van der Waals surface area contributed by atoms with Crippen LogP contribution in [0.4, 0.5) is 0 Å². The minimum Gasteiger partial charge on any atom is -0.497 e. The summed E-state index contributed by atoms with van der Waals surface area (Å²) < 4.78 is 16.9. The molecule has 0 bridgehead atoms. The summed E-state index contributed by atoms with van der Waals surface area (Å²) in [5.41, 5.74) is 2.97. The van der Waals surface area contributed by atoms with Crippen LogP contribution in [0.25, 0.3) is 0 Å². The standard InChI is InChI=1S/C25H30O4.C3H6/c1-6-23(26)25(29-18(2)3)17-21-10-9-19(4)24(16-21)28-15-7-8-20-11-13-22(27-5)14-12-20;1-3-2/h6,9-14,16,18,23,25-26H,1,15,17H2,2-5H3;3H,1H2,2H3. The number of ether oxygens (including phenoxy) is 3. The maximum atomic E-state index is 10.2. The number of aliphatic hydroxyl groups excluding tert-OH is 1. The highest BCUT2D eigenvalue weighted by Crippen LogP contribution is 2.22. The monoisotopic (exact) mass is 436 g/mol. The molecule has 2 rings (SSSR count). The van der Waals surface area contributed by atoms with Crippen molar-refractivity contribution in [2.75, 3.05) is 13.7 Å². The summed E-state index contributed by atoms with van der Waals surface area (Å²) in [4.78, 5) is 0. The normalized spacial score (nSPS) is 11.8. The second-order valence-electron chi connectivity index (χ2n) is 7.48. The van der Waals surface area contributed by atoms with Gasteiger partial charge in [0, 0.05) is 12.0 Å². The summed E-state index contributed by atoms with van der Waals surface area (Å²) in [7, 11) is 1.64. The van der Waals surface area contributed by atoms with Gasteiger partial charge in [-0.05, 0) is 69.2 Å². The topological polar surface area (TPSA) is 47.9 Å². The largest absolute Gasteiger partial charge is 0.497 e. The Balaban J connectivity index is 0.00000161. The molecule has 0 saturated heterocycles. The van der Waals surface area contributed by atoms with Gasteiger partial charge in [-0.25, -0.2) is 0 Å². The zero-order valence-electron chi connectivity index (χ0n) is 19.9. The van der Waals surface area contributed by atoms with Crippen molar-refractivity contribution in [2.45, 2.75) is 52.4 Å². The fourth-order valence-corrected chi connectivity index (χ4v) is 2.84. The first-order valence-electron chi connectivity index (χ1n) is 10.7. The highest BCUT2D eigenvalue weighted by molar-refractivity contribution is 5.39. The van der Waals surface area contributed by atoms with E-state index in [9.17, 15) is 5.11 Å². The number of hydrogen-bond acceptors (Lipinski definition) is 4. The molecule has 2 unspecified atom stereocenters. The number of hydrogen-bond donors (Lipinski definition) is 1. The molecular formula is C28H36O4. The van der Waals surface area contributed by atoms with E-state index in [4.69, 9.17) is 14.2 Å². The second kappa shape index (κ2) is 14.9. The first-order valence-corrected chi connectivity index (χ1v) is 10.7. The molecule has 2 aromatic carbocycles. The number of benzene rings is 2. The molecule has 0 radical (unpaired) electrons. The van der Waals surface area contributed by atoms with E-state index in [-0.39, 0.29) is 18.8 Å². The molecule has 32 heavy (non-hydrogen) atoms. The lowest BCUT2D eigenvalue weighted by Crippen LogP contribution is -2.31. The first-order chi connectivity index (χ1) is 15.3. The van der Waals surface area contributed by atoms with E-state index in [1.807, 2.05) is 70.2 Å². The lowest BCUT2D eigenvalue weighted by Gasteiger charge is -2.24. The van der Waals surface area contributed by atoms with Crippen molar-refractivity contribution >= 4 is 0 Å². The van der Waals surface area contributed by atoms with Gasteiger partial charge in [-0.3, -0.25) is 0 Å². The molecule has 0 aliphatic heterocycles. The average molecular weight is 437 g/mol.